The van der Waals surface area contributed by atoms with Crippen LogP contribution in [0.3, 0.4) is 0 Å². The minimum absolute atomic E-state index is 0.458. The molecule has 0 fully saturated rings. The van der Waals surface area contributed by atoms with E-state index in [0.29, 0.717) is 0 Å². The maximum Gasteiger partial charge on any atom is 0.351 e. The van der Waals surface area contributed by atoms with Crippen LogP contribution in [0.4, 0.5) is 0 Å². The van der Waals surface area contributed by atoms with Gasteiger partial charge in [-0.05, 0) is 0 Å². The van der Waals surface area contributed by atoms with Gasteiger partial charge >= 0.3 is 11.9 Å². The number of hydrogen-bond donors (Lipinski definition) is 0. The van der Waals surface area contributed by atoms with E-state index in [0.717, 1.165) is 0 Å². The fourth-order valence-corrected chi connectivity index (χ4v) is 0.715. The summed E-state index contributed by atoms with van der Waals surface area (Å²) < 4.78 is 0.119. The molecule has 0 radical (unpaired) electrons. The molecule has 9 heteroatoms. The molecule has 0 aliphatic rings. The largest absolute Gasteiger partial charge is 0.389 e. The number of ether oxygens (including phenoxy) is 1. The Morgan fingerprint density at radius 2 is 1.13 bits per heavy atom. The molecule has 3 nitrogen and oxygen atoms in total. The highest BCUT2D eigenvalue weighted by molar-refractivity contribution is 6.62. The SMILES string of the molecule is O=C(OC(=O)C(Cl)(Cl)CCl)C(Cl)(Cl)CCl. The average Bonchev–Trinajstić information content (AvgIpc) is 2.17. The van der Waals surface area contributed by atoms with Gasteiger partial charge in [-0.2, -0.15) is 0 Å². The molecule has 0 aromatic carbocycles. The molecular weight excluding hydrogens is 333 g/mol. The van der Waals surface area contributed by atoms with Crippen LogP contribution in [0.25, 0.3) is 0 Å². The summed E-state index contributed by atoms with van der Waals surface area (Å²) >= 11 is 32.1. The van der Waals surface area contributed by atoms with E-state index < -0.39 is 32.4 Å². The van der Waals surface area contributed by atoms with Crippen LogP contribution < -0.4 is 0 Å². The number of halogens is 6. The highest BCUT2D eigenvalue weighted by Crippen LogP contribution is 2.28. The molecule has 0 heterocycles. The molecule has 0 atom stereocenters. The molecule has 0 aromatic rings. The normalized spacial score (nSPS) is 12.4. The van der Waals surface area contributed by atoms with E-state index in [2.05, 4.69) is 4.74 Å². The number of carbonyl (C=O) groups excluding carboxylic acids is 2. The maximum atomic E-state index is 11.1. The van der Waals surface area contributed by atoms with E-state index >= 15 is 0 Å². The quantitative estimate of drug-likeness (QED) is 0.450. The van der Waals surface area contributed by atoms with Gasteiger partial charge in [0.2, 0.25) is 8.67 Å². The van der Waals surface area contributed by atoms with Crippen molar-refractivity contribution in [3.63, 3.8) is 0 Å². The van der Waals surface area contributed by atoms with Crippen molar-refractivity contribution in [1.82, 2.24) is 0 Å². The molecule has 0 unspecified atom stereocenters. The summed E-state index contributed by atoms with van der Waals surface area (Å²) in [5.74, 6) is -3.44. The number of esters is 2. The van der Waals surface area contributed by atoms with Gasteiger partial charge in [-0.1, -0.05) is 46.4 Å². The first-order chi connectivity index (χ1) is 6.67. The molecule has 0 aliphatic carbocycles. The highest BCUT2D eigenvalue weighted by Gasteiger charge is 2.42. The van der Waals surface area contributed by atoms with Crippen LogP contribution in [0.1, 0.15) is 0 Å². The minimum atomic E-state index is -2.03. The smallest absolute Gasteiger partial charge is 0.351 e. The number of hydrogen-bond acceptors (Lipinski definition) is 3. The van der Waals surface area contributed by atoms with Crippen molar-refractivity contribution in [2.75, 3.05) is 11.8 Å². The van der Waals surface area contributed by atoms with Gasteiger partial charge < -0.3 is 4.74 Å². The van der Waals surface area contributed by atoms with Crippen LogP contribution in [0, 0.1) is 0 Å². The molecule has 0 amide bonds. The van der Waals surface area contributed by atoms with E-state index in [-0.39, 0.29) is 0 Å². The topological polar surface area (TPSA) is 43.4 Å². The molecule has 0 aromatic heterocycles. The van der Waals surface area contributed by atoms with E-state index in [1.54, 1.807) is 0 Å². The van der Waals surface area contributed by atoms with Gasteiger partial charge in [0, 0.05) is 0 Å². The highest BCUT2D eigenvalue weighted by atomic mass is 35.5. The zero-order chi connectivity index (χ0) is 12.3. The molecule has 0 saturated carbocycles. The monoisotopic (exact) mass is 334 g/mol. The first kappa shape index (κ1) is 15.9. The summed E-state index contributed by atoms with van der Waals surface area (Å²) in [4.78, 5) is 22.2. The van der Waals surface area contributed by atoms with Crippen LogP contribution in [-0.4, -0.2) is 32.4 Å². The molecular formula is C6H4Cl6O3. The van der Waals surface area contributed by atoms with Crippen LogP contribution in [0.5, 0.6) is 0 Å². The van der Waals surface area contributed by atoms with Crippen molar-refractivity contribution < 1.29 is 14.3 Å². The van der Waals surface area contributed by atoms with Gasteiger partial charge in [-0.3, -0.25) is 0 Å². The second kappa shape index (κ2) is 5.99. The van der Waals surface area contributed by atoms with Crippen molar-refractivity contribution in [1.29, 1.82) is 0 Å². The summed E-state index contributed by atoms with van der Waals surface area (Å²) in [7, 11) is 0. The molecule has 0 rings (SSSR count). The van der Waals surface area contributed by atoms with Crippen LogP contribution in [0.15, 0.2) is 0 Å². The molecule has 0 aliphatic heterocycles. The predicted octanol–water partition coefficient (Wildman–Crippen LogP) is 2.88. The fourth-order valence-electron chi connectivity index (χ4n) is 0.343. The van der Waals surface area contributed by atoms with Crippen molar-refractivity contribution in [2.45, 2.75) is 8.67 Å². The third-order valence-corrected chi connectivity index (χ3v) is 3.62. The number of carbonyl (C=O) groups is 2. The fraction of sp³-hybridized carbons (Fsp3) is 0.667. The number of rotatable bonds is 4. The Kier molecular flexibility index (Phi) is 6.34. The van der Waals surface area contributed by atoms with Gasteiger partial charge in [0.1, 0.15) is 0 Å². The summed E-state index contributed by atoms with van der Waals surface area (Å²) in [5, 5.41) is 0. The Labute approximate surface area is 116 Å². The lowest BCUT2D eigenvalue weighted by molar-refractivity contribution is -0.160. The number of alkyl halides is 6. The Balaban J connectivity index is 4.51. The van der Waals surface area contributed by atoms with Gasteiger partial charge in [-0.25, -0.2) is 9.59 Å². The average molecular weight is 337 g/mol. The van der Waals surface area contributed by atoms with Gasteiger partial charge in [-0.15, -0.1) is 23.2 Å². The van der Waals surface area contributed by atoms with Crippen molar-refractivity contribution in [3.05, 3.63) is 0 Å². The van der Waals surface area contributed by atoms with Gasteiger partial charge in [0.05, 0.1) is 11.8 Å². The molecule has 15 heavy (non-hydrogen) atoms. The Morgan fingerprint density at radius 1 is 0.867 bits per heavy atom. The third-order valence-electron chi connectivity index (χ3n) is 1.12. The summed E-state index contributed by atoms with van der Waals surface area (Å²) in [5.41, 5.74) is 0. The van der Waals surface area contributed by atoms with Crippen LogP contribution in [-0.2, 0) is 14.3 Å². The van der Waals surface area contributed by atoms with Gasteiger partial charge in [0.25, 0.3) is 0 Å². The maximum absolute atomic E-state index is 11.1. The zero-order valence-corrected chi connectivity index (χ0v) is 11.4. The lowest BCUT2D eigenvalue weighted by Gasteiger charge is -2.17. The van der Waals surface area contributed by atoms with Gasteiger partial charge in [0.15, 0.2) is 0 Å². The predicted molar refractivity (Wildman–Crippen MR) is 61.4 cm³/mol. The zero-order valence-electron chi connectivity index (χ0n) is 6.91. The van der Waals surface area contributed by atoms with Crippen molar-refractivity contribution in [3.8, 4) is 0 Å². The Hall–Kier alpha value is 0.880. The first-order valence-electron chi connectivity index (χ1n) is 3.31. The summed E-state index contributed by atoms with van der Waals surface area (Å²) in [6.45, 7) is 0. The molecule has 0 N–H and O–H groups in total. The molecule has 0 saturated heterocycles. The Bertz CT molecular complexity index is 238. The van der Waals surface area contributed by atoms with E-state index in [9.17, 15) is 9.59 Å². The third kappa shape index (κ3) is 4.72. The van der Waals surface area contributed by atoms with Crippen LogP contribution >= 0.6 is 69.6 Å². The summed E-state index contributed by atoms with van der Waals surface area (Å²) in [6.07, 6.45) is 0. The minimum Gasteiger partial charge on any atom is -0.389 e. The lowest BCUT2D eigenvalue weighted by Crippen LogP contribution is -2.38. The Morgan fingerprint density at radius 3 is 1.33 bits per heavy atom. The van der Waals surface area contributed by atoms with Crippen molar-refractivity contribution in [2.24, 2.45) is 0 Å². The lowest BCUT2D eigenvalue weighted by atomic mass is 10.4. The second-order valence-electron chi connectivity index (χ2n) is 2.35. The summed E-state index contributed by atoms with van der Waals surface area (Å²) in [6, 6.07) is 0. The van der Waals surface area contributed by atoms with E-state index in [1.807, 2.05) is 0 Å². The first-order valence-corrected chi connectivity index (χ1v) is 5.89. The van der Waals surface area contributed by atoms with E-state index in [4.69, 9.17) is 69.6 Å². The molecule has 88 valence electrons. The van der Waals surface area contributed by atoms with Crippen molar-refractivity contribution >= 4 is 81.5 Å². The van der Waals surface area contributed by atoms with E-state index in [1.165, 1.54) is 0 Å². The molecule has 0 bridgehead atoms. The van der Waals surface area contributed by atoms with Crippen LogP contribution in [0.2, 0.25) is 0 Å². The molecule has 0 spiro atoms. The second-order valence-corrected chi connectivity index (χ2v) is 5.86. The standard InChI is InChI=1S/C6H4Cl6O3/c7-1-5(9,10)3(13)15-4(14)6(11,12)2-8/h1-2H2.